The molecule has 6 nitrogen and oxygen atoms in total. The summed E-state index contributed by atoms with van der Waals surface area (Å²) in [4.78, 5) is 6.73. The van der Waals surface area contributed by atoms with Gasteiger partial charge in [0.2, 0.25) is 5.95 Å². The maximum Gasteiger partial charge on any atom is 0.244 e. The van der Waals surface area contributed by atoms with E-state index in [0.29, 0.717) is 6.61 Å². The lowest BCUT2D eigenvalue weighted by atomic mass is 10.2. The van der Waals surface area contributed by atoms with Crippen molar-refractivity contribution in [2.75, 3.05) is 37.7 Å². The summed E-state index contributed by atoms with van der Waals surface area (Å²) in [6, 6.07) is 8.07. The molecule has 112 valence electrons. The van der Waals surface area contributed by atoms with E-state index in [-0.39, 0.29) is 0 Å². The molecule has 0 saturated carbocycles. The molecule has 3 rings (SSSR count). The molecule has 0 atom stereocenters. The van der Waals surface area contributed by atoms with Crippen LogP contribution in [0.5, 0.6) is 5.75 Å². The first-order chi connectivity index (χ1) is 10.3. The molecule has 0 aliphatic carbocycles. The van der Waals surface area contributed by atoms with E-state index in [1.807, 2.05) is 18.2 Å². The van der Waals surface area contributed by atoms with E-state index in [2.05, 4.69) is 38.4 Å². The molecule has 0 unspecified atom stereocenters. The molecule has 0 bridgehead atoms. The lowest BCUT2D eigenvalue weighted by Gasteiger charge is -2.25. The van der Waals surface area contributed by atoms with Gasteiger partial charge in [-0.2, -0.15) is 4.98 Å². The molecular formula is C15H21N5O. The summed E-state index contributed by atoms with van der Waals surface area (Å²) in [7, 11) is 0. The largest absolute Gasteiger partial charge is 0.493 e. The highest BCUT2D eigenvalue weighted by atomic mass is 16.5. The van der Waals surface area contributed by atoms with Crippen LogP contribution in [0, 0.1) is 6.92 Å². The summed E-state index contributed by atoms with van der Waals surface area (Å²) < 4.78 is 5.73. The Labute approximate surface area is 124 Å². The Bertz CT molecular complexity index is 577. The van der Waals surface area contributed by atoms with Gasteiger partial charge in [-0.3, -0.25) is 5.10 Å². The average molecular weight is 287 g/mol. The lowest BCUT2D eigenvalue weighted by molar-refractivity contribution is 0.319. The number of rotatable bonds is 5. The quantitative estimate of drug-likeness (QED) is 0.863. The van der Waals surface area contributed by atoms with E-state index < -0.39 is 0 Å². The fourth-order valence-corrected chi connectivity index (χ4v) is 2.37. The molecule has 2 heterocycles. The van der Waals surface area contributed by atoms with Gasteiger partial charge in [-0.15, -0.1) is 5.10 Å². The Morgan fingerprint density at radius 3 is 2.95 bits per heavy atom. The van der Waals surface area contributed by atoms with Crippen molar-refractivity contribution >= 4 is 5.95 Å². The summed E-state index contributed by atoms with van der Waals surface area (Å²) in [6.45, 7) is 6.54. The minimum Gasteiger partial charge on any atom is -0.493 e. The van der Waals surface area contributed by atoms with Gasteiger partial charge in [0, 0.05) is 32.6 Å². The molecule has 1 saturated heterocycles. The molecule has 1 aromatic heterocycles. The molecule has 21 heavy (non-hydrogen) atoms. The van der Waals surface area contributed by atoms with E-state index >= 15 is 0 Å². The molecule has 1 aliphatic rings. The zero-order valence-corrected chi connectivity index (χ0v) is 12.3. The molecule has 0 radical (unpaired) electrons. The van der Waals surface area contributed by atoms with Crippen LogP contribution in [-0.4, -0.2) is 48.0 Å². The number of anilines is 1. The molecule has 0 amide bonds. The van der Waals surface area contributed by atoms with E-state index in [1.165, 1.54) is 5.56 Å². The number of hydrogen-bond donors (Lipinski definition) is 2. The second-order valence-corrected chi connectivity index (χ2v) is 5.23. The Morgan fingerprint density at radius 1 is 1.29 bits per heavy atom. The third-order valence-electron chi connectivity index (χ3n) is 3.52. The maximum absolute atomic E-state index is 5.73. The summed E-state index contributed by atoms with van der Waals surface area (Å²) in [5.74, 6) is 2.56. The van der Waals surface area contributed by atoms with Crippen molar-refractivity contribution in [3.05, 3.63) is 35.7 Å². The molecule has 0 spiro atoms. The first kappa shape index (κ1) is 13.9. The third-order valence-corrected chi connectivity index (χ3v) is 3.52. The highest BCUT2D eigenvalue weighted by Crippen LogP contribution is 2.13. The predicted octanol–water partition coefficient (Wildman–Crippen LogP) is 1.14. The third kappa shape index (κ3) is 3.72. The van der Waals surface area contributed by atoms with Gasteiger partial charge in [0.05, 0.1) is 6.61 Å². The van der Waals surface area contributed by atoms with Crippen LogP contribution in [0.1, 0.15) is 11.4 Å². The number of ether oxygens (including phenoxy) is 1. The Hall–Kier alpha value is -2.08. The Balaban J connectivity index is 1.50. The number of aromatic amines is 1. The van der Waals surface area contributed by atoms with E-state index in [4.69, 9.17) is 4.74 Å². The summed E-state index contributed by atoms with van der Waals surface area (Å²) in [5.41, 5.74) is 1.20. The van der Waals surface area contributed by atoms with Crippen LogP contribution in [0.3, 0.4) is 0 Å². The average Bonchev–Trinajstić information content (AvgIpc) is 2.97. The van der Waals surface area contributed by atoms with Crippen molar-refractivity contribution in [2.24, 2.45) is 0 Å². The van der Waals surface area contributed by atoms with Crippen LogP contribution < -0.4 is 15.0 Å². The summed E-state index contributed by atoms with van der Waals surface area (Å²) >= 11 is 0. The van der Waals surface area contributed by atoms with Gasteiger partial charge in [-0.25, -0.2) is 0 Å². The van der Waals surface area contributed by atoms with Crippen molar-refractivity contribution in [3.63, 3.8) is 0 Å². The van der Waals surface area contributed by atoms with Crippen molar-refractivity contribution in [3.8, 4) is 5.75 Å². The van der Waals surface area contributed by atoms with Gasteiger partial charge in [-0.05, 0) is 24.6 Å². The van der Waals surface area contributed by atoms with Gasteiger partial charge in [0.25, 0.3) is 0 Å². The van der Waals surface area contributed by atoms with Crippen LogP contribution in [0.4, 0.5) is 5.95 Å². The maximum atomic E-state index is 5.73. The van der Waals surface area contributed by atoms with Crippen LogP contribution in [0.2, 0.25) is 0 Å². The second kappa shape index (κ2) is 6.58. The van der Waals surface area contributed by atoms with Crippen molar-refractivity contribution < 1.29 is 4.74 Å². The highest BCUT2D eigenvalue weighted by Gasteiger charge is 2.14. The molecular weight excluding hydrogens is 266 g/mol. The number of nitrogens with zero attached hydrogens (tertiary/aromatic N) is 3. The summed E-state index contributed by atoms with van der Waals surface area (Å²) in [6.07, 6.45) is 0.729. The van der Waals surface area contributed by atoms with Crippen molar-refractivity contribution in [1.82, 2.24) is 20.5 Å². The van der Waals surface area contributed by atoms with E-state index in [0.717, 1.165) is 50.1 Å². The van der Waals surface area contributed by atoms with Gasteiger partial charge in [0.15, 0.2) is 0 Å². The van der Waals surface area contributed by atoms with Gasteiger partial charge < -0.3 is 15.0 Å². The SMILES string of the molecule is Cc1cccc(OCCc2nc(N3CCNCC3)n[nH]2)c1. The van der Waals surface area contributed by atoms with Gasteiger partial charge in [-0.1, -0.05) is 12.1 Å². The molecule has 2 aromatic rings. The smallest absolute Gasteiger partial charge is 0.244 e. The predicted molar refractivity (Wildman–Crippen MR) is 81.8 cm³/mol. The van der Waals surface area contributed by atoms with Gasteiger partial charge >= 0.3 is 0 Å². The second-order valence-electron chi connectivity index (χ2n) is 5.23. The van der Waals surface area contributed by atoms with Crippen LogP contribution in [0.25, 0.3) is 0 Å². The number of benzene rings is 1. The topological polar surface area (TPSA) is 66.1 Å². The number of piperazine rings is 1. The minimum atomic E-state index is 0.597. The number of aryl methyl sites for hydroxylation is 1. The zero-order valence-electron chi connectivity index (χ0n) is 12.3. The molecule has 2 N–H and O–H groups in total. The Kier molecular flexibility index (Phi) is 4.35. The zero-order chi connectivity index (χ0) is 14.5. The number of H-pyrrole nitrogens is 1. The fraction of sp³-hybridized carbons (Fsp3) is 0.467. The lowest BCUT2D eigenvalue weighted by Crippen LogP contribution is -2.44. The highest BCUT2D eigenvalue weighted by molar-refractivity contribution is 5.30. The van der Waals surface area contributed by atoms with Gasteiger partial charge in [0.1, 0.15) is 11.6 Å². The van der Waals surface area contributed by atoms with Crippen molar-refractivity contribution in [2.45, 2.75) is 13.3 Å². The number of nitrogens with one attached hydrogen (secondary N) is 2. The first-order valence-electron chi connectivity index (χ1n) is 7.38. The minimum absolute atomic E-state index is 0.597. The summed E-state index contributed by atoms with van der Waals surface area (Å²) in [5, 5.41) is 10.6. The fourth-order valence-electron chi connectivity index (χ4n) is 2.37. The molecule has 6 heteroatoms. The molecule has 1 aromatic carbocycles. The van der Waals surface area contributed by atoms with E-state index in [1.54, 1.807) is 0 Å². The van der Waals surface area contributed by atoms with E-state index in [9.17, 15) is 0 Å². The Morgan fingerprint density at radius 2 is 2.14 bits per heavy atom. The van der Waals surface area contributed by atoms with Crippen LogP contribution in [0.15, 0.2) is 24.3 Å². The monoisotopic (exact) mass is 287 g/mol. The molecule has 1 aliphatic heterocycles. The molecule has 1 fully saturated rings. The normalized spacial score (nSPS) is 15.2. The van der Waals surface area contributed by atoms with Crippen LogP contribution in [-0.2, 0) is 6.42 Å². The number of aromatic nitrogens is 3. The standard InChI is InChI=1S/C15H21N5O/c1-12-3-2-4-13(11-12)21-10-5-14-17-15(19-18-14)20-8-6-16-7-9-20/h2-4,11,16H,5-10H2,1H3,(H,17,18,19). The first-order valence-corrected chi connectivity index (χ1v) is 7.38. The van der Waals surface area contributed by atoms with Crippen molar-refractivity contribution in [1.29, 1.82) is 0 Å². The van der Waals surface area contributed by atoms with Crippen LogP contribution >= 0.6 is 0 Å². The number of hydrogen-bond acceptors (Lipinski definition) is 5.